The quantitative estimate of drug-likeness (QED) is 0.836. The van der Waals surface area contributed by atoms with E-state index in [1.807, 2.05) is 22.8 Å². The van der Waals surface area contributed by atoms with Crippen LogP contribution in [0.4, 0.5) is 13.2 Å². The van der Waals surface area contributed by atoms with Gasteiger partial charge in [-0.3, -0.25) is 4.79 Å². The van der Waals surface area contributed by atoms with Crippen LogP contribution in [0.25, 0.3) is 0 Å². The summed E-state index contributed by atoms with van der Waals surface area (Å²) in [6.07, 6.45) is -3.61. The van der Waals surface area contributed by atoms with Crippen LogP contribution in [-0.4, -0.2) is 31.2 Å². The average Bonchev–Trinajstić information content (AvgIpc) is 2.77. The van der Waals surface area contributed by atoms with Crippen molar-refractivity contribution >= 4 is 17.2 Å². The summed E-state index contributed by atoms with van der Waals surface area (Å²) in [5.74, 6) is -0.640. The minimum absolute atomic E-state index is 0.557. The zero-order valence-corrected chi connectivity index (χ0v) is 10.7. The highest BCUT2D eigenvalue weighted by Crippen LogP contribution is 2.12. The van der Waals surface area contributed by atoms with Crippen molar-refractivity contribution in [3.8, 4) is 0 Å². The number of nitrogens with one attached hydrogen (secondary N) is 2. The fourth-order valence-corrected chi connectivity index (χ4v) is 2.01. The molecule has 0 saturated heterocycles. The molecule has 1 aromatic rings. The van der Waals surface area contributed by atoms with E-state index in [0.717, 1.165) is 6.42 Å². The molecule has 1 aromatic heterocycles. The monoisotopic (exact) mass is 280 g/mol. The van der Waals surface area contributed by atoms with Gasteiger partial charge in [-0.2, -0.15) is 13.2 Å². The van der Waals surface area contributed by atoms with Crippen molar-refractivity contribution in [1.29, 1.82) is 0 Å². The van der Waals surface area contributed by atoms with Crippen molar-refractivity contribution in [2.75, 3.05) is 13.1 Å². The van der Waals surface area contributed by atoms with Gasteiger partial charge in [-0.05, 0) is 24.8 Å². The van der Waals surface area contributed by atoms with E-state index in [2.05, 4.69) is 5.32 Å². The van der Waals surface area contributed by atoms with Gasteiger partial charge in [0.2, 0.25) is 5.91 Å². The molecular formula is C11H15F3N2OS. The summed E-state index contributed by atoms with van der Waals surface area (Å²) in [5, 5.41) is 6.68. The van der Waals surface area contributed by atoms with E-state index in [0.29, 0.717) is 6.54 Å². The second kappa shape index (κ2) is 6.75. The number of alkyl halides is 3. The van der Waals surface area contributed by atoms with Gasteiger partial charge in [0.25, 0.3) is 0 Å². The Kier molecular flexibility index (Phi) is 5.61. The second-order valence-electron chi connectivity index (χ2n) is 3.84. The predicted octanol–water partition coefficient (Wildman–Crippen LogP) is 1.95. The number of thiophene rings is 1. The van der Waals surface area contributed by atoms with E-state index in [1.165, 1.54) is 4.88 Å². The molecule has 102 valence electrons. The molecular weight excluding hydrogens is 265 g/mol. The van der Waals surface area contributed by atoms with Gasteiger partial charge in [-0.1, -0.05) is 6.07 Å². The van der Waals surface area contributed by atoms with Gasteiger partial charge in [0, 0.05) is 11.4 Å². The molecule has 0 aromatic carbocycles. The van der Waals surface area contributed by atoms with Crippen LogP contribution in [0.3, 0.4) is 0 Å². The van der Waals surface area contributed by atoms with Gasteiger partial charge < -0.3 is 10.6 Å². The number of amides is 1. The van der Waals surface area contributed by atoms with Gasteiger partial charge in [0.15, 0.2) is 0 Å². The molecule has 0 radical (unpaired) electrons. The SMILES string of the molecule is CC(NCCc1cccs1)C(=O)NCC(F)(F)F. The molecule has 1 atom stereocenters. The first-order valence-corrected chi connectivity index (χ1v) is 6.36. The van der Waals surface area contributed by atoms with E-state index in [1.54, 1.807) is 18.3 Å². The first-order chi connectivity index (χ1) is 8.38. The van der Waals surface area contributed by atoms with E-state index >= 15 is 0 Å². The molecule has 0 bridgehead atoms. The third-order valence-corrected chi connectivity index (χ3v) is 3.19. The van der Waals surface area contributed by atoms with Crippen molar-refractivity contribution in [2.45, 2.75) is 25.6 Å². The molecule has 0 spiro atoms. The lowest BCUT2D eigenvalue weighted by molar-refractivity contribution is -0.139. The smallest absolute Gasteiger partial charge is 0.346 e. The molecule has 7 heteroatoms. The Morgan fingerprint density at radius 2 is 2.22 bits per heavy atom. The average molecular weight is 280 g/mol. The third-order valence-electron chi connectivity index (χ3n) is 2.26. The topological polar surface area (TPSA) is 41.1 Å². The molecule has 0 aliphatic carbocycles. The summed E-state index contributed by atoms with van der Waals surface area (Å²) in [6, 6.07) is 3.27. The Bertz CT molecular complexity index is 365. The molecule has 0 aliphatic rings. The van der Waals surface area contributed by atoms with Crippen molar-refractivity contribution in [1.82, 2.24) is 10.6 Å². The Hall–Kier alpha value is -1.08. The van der Waals surface area contributed by atoms with Crippen molar-refractivity contribution in [3.63, 3.8) is 0 Å². The normalized spacial score (nSPS) is 13.3. The summed E-state index contributed by atoms with van der Waals surface area (Å²) in [4.78, 5) is 12.5. The minimum atomic E-state index is -4.37. The van der Waals surface area contributed by atoms with Crippen molar-refractivity contribution < 1.29 is 18.0 Å². The van der Waals surface area contributed by atoms with Crippen LogP contribution in [-0.2, 0) is 11.2 Å². The van der Waals surface area contributed by atoms with E-state index in [-0.39, 0.29) is 0 Å². The predicted molar refractivity (Wildman–Crippen MR) is 64.6 cm³/mol. The van der Waals surface area contributed by atoms with Gasteiger partial charge in [0.1, 0.15) is 6.54 Å². The van der Waals surface area contributed by atoms with Crippen LogP contribution < -0.4 is 10.6 Å². The number of rotatable bonds is 6. The number of hydrogen-bond donors (Lipinski definition) is 2. The molecule has 1 heterocycles. The molecule has 0 fully saturated rings. The molecule has 0 saturated carbocycles. The summed E-state index contributed by atoms with van der Waals surface area (Å²) >= 11 is 1.61. The number of hydrogen-bond acceptors (Lipinski definition) is 3. The fraction of sp³-hybridized carbons (Fsp3) is 0.545. The third kappa shape index (κ3) is 6.02. The van der Waals surface area contributed by atoms with Gasteiger partial charge in [0.05, 0.1) is 6.04 Å². The number of carbonyl (C=O) groups excluding carboxylic acids is 1. The molecule has 0 aliphatic heterocycles. The van der Waals surface area contributed by atoms with Crippen molar-refractivity contribution in [2.24, 2.45) is 0 Å². The lowest BCUT2D eigenvalue weighted by Crippen LogP contribution is -2.45. The Balaban J connectivity index is 2.19. The van der Waals surface area contributed by atoms with Crippen LogP contribution in [0.5, 0.6) is 0 Å². The van der Waals surface area contributed by atoms with E-state index < -0.39 is 24.7 Å². The maximum atomic E-state index is 11.9. The second-order valence-corrected chi connectivity index (χ2v) is 4.87. The summed E-state index contributed by atoms with van der Waals surface area (Å²) in [7, 11) is 0. The van der Waals surface area contributed by atoms with Crippen LogP contribution in [0.1, 0.15) is 11.8 Å². The Labute approximate surface area is 107 Å². The lowest BCUT2D eigenvalue weighted by atomic mass is 10.3. The number of carbonyl (C=O) groups is 1. The van der Waals surface area contributed by atoms with Gasteiger partial charge in [-0.25, -0.2) is 0 Å². The number of halogens is 3. The highest BCUT2D eigenvalue weighted by Gasteiger charge is 2.28. The molecule has 1 unspecified atom stereocenters. The maximum Gasteiger partial charge on any atom is 0.405 e. The standard InChI is InChI=1S/C11H15F3N2OS/c1-8(10(17)16-7-11(12,13)14)15-5-4-9-3-2-6-18-9/h2-3,6,8,15H,4-5,7H2,1H3,(H,16,17). The fourth-order valence-electron chi connectivity index (χ4n) is 1.30. The molecule has 18 heavy (non-hydrogen) atoms. The largest absolute Gasteiger partial charge is 0.405 e. The van der Waals surface area contributed by atoms with Gasteiger partial charge in [-0.15, -0.1) is 11.3 Å². The summed E-state index contributed by atoms with van der Waals surface area (Å²) in [5.41, 5.74) is 0. The van der Waals surface area contributed by atoms with Crippen LogP contribution >= 0.6 is 11.3 Å². The highest BCUT2D eigenvalue weighted by molar-refractivity contribution is 7.09. The first kappa shape index (κ1) is 15.0. The summed E-state index contributed by atoms with van der Waals surface area (Å²) in [6.45, 7) is 0.810. The van der Waals surface area contributed by atoms with Crippen LogP contribution in [0.15, 0.2) is 17.5 Å². The van der Waals surface area contributed by atoms with Crippen molar-refractivity contribution in [3.05, 3.63) is 22.4 Å². The van der Waals surface area contributed by atoms with Crippen LogP contribution in [0.2, 0.25) is 0 Å². The van der Waals surface area contributed by atoms with Gasteiger partial charge >= 0.3 is 6.18 Å². The van der Waals surface area contributed by atoms with E-state index in [9.17, 15) is 18.0 Å². The summed E-state index contributed by atoms with van der Waals surface area (Å²) < 4.78 is 35.7. The zero-order chi connectivity index (χ0) is 13.6. The molecule has 1 rings (SSSR count). The maximum absolute atomic E-state index is 11.9. The lowest BCUT2D eigenvalue weighted by Gasteiger charge is -2.14. The Morgan fingerprint density at radius 3 is 2.78 bits per heavy atom. The zero-order valence-electron chi connectivity index (χ0n) is 9.88. The van der Waals surface area contributed by atoms with Crippen LogP contribution in [0, 0.1) is 0 Å². The molecule has 1 amide bonds. The first-order valence-electron chi connectivity index (χ1n) is 5.49. The molecule has 2 N–H and O–H groups in total. The Morgan fingerprint density at radius 1 is 1.50 bits per heavy atom. The minimum Gasteiger partial charge on any atom is -0.346 e. The highest BCUT2D eigenvalue weighted by atomic mass is 32.1. The molecule has 3 nitrogen and oxygen atoms in total. The van der Waals surface area contributed by atoms with E-state index in [4.69, 9.17) is 0 Å².